The van der Waals surface area contributed by atoms with E-state index < -0.39 is 11.4 Å². The summed E-state index contributed by atoms with van der Waals surface area (Å²) in [5, 5.41) is 12.6. The van der Waals surface area contributed by atoms with Gasteiger partial charge in [-0.25, -0.2) is 0 Å². The van der Waals surface area contributed by atoms with Gasteiger partial charge in [-0.2, -0.15) is 0 Å². The minimum absolute atomic E-state index is 0. The second kappa shape index (κ2) is 6.03. The quantitative estimate of drug-likeness (QED) is 0.870. The van der Waals surface area contributed by atoms with E-state index in [0.717, 1.165) is 24.9 Å². The summed E-state index contributed by atoms with van der Waals surface area (Å²) < 4.78 is 0. The summed E-state index contributed by atoms with van der Waals surface area (Å²) in [5.41, 5.74) is 0.494. The number of hydrogen-bond donors (Lipinski definition) is 2. The fourth-order valence-electron chi connectivity index (χ4n) is 2.36. The number of halogens is 1. The molecule has 0 radical (unpaired) electrons. The van der Waals surface area contributed by atoms with Gasteiger partial charge in [0.25, 0.3) is 0 Å². The van der Waals surface area contributed by atoms with Gasteiger partial charge in [-0.1, -0.05) is 30.3 Å². The van der Waals surface area contributed by atoms with Crippen LogP contribution in [0.4, 0.5) is 0 Å². The molecule has 0 amide bonds. The number of benzene rings is 1. The van der Waals surface area contributed by atoms with Crippen molar-refractivity contribution in [3.63, 3.8) is 0 Å². The van der Waals surface area contributed by atoms with Crippen LogP contribution < -0.4 is 5.32 Å². The zero-order chi connectivity index (χ0) is 11.4. The number of carboxylic acids is 1. The van der Waals surface area contributed by atoms with Gasteiger partial charge in [-0.05, 0) is 31.4 Å². The molecule has 1 aliphatic rings. The van der Waals surface area contributed by atoms with Gasteiger partial charge in [0.15, 0.2) is 0 Å². The van der Waals surface area contributed by atoms with E-state index in [1.54, 1.807) is 0 Å². The molecular weight excluding hydrogens is 238 g/mol. The molecule has 1 aromatic rings. The van der Waals surface area contributed by atoms with Crippen LogP contribution in [0.15, 0.2) is 30.3 Å². The fourth-order valence-corrected chi connectivity index (χ4v) is 2.36. The third kappa shape index (κ3) is 3.20. The standard InChI is InChI=1S/C13H17NO2.ClH/c15-12(16)13(7-4-8-14-10-13)9-11-5-2-1-3-6-11;/h1-3,5-6,14H,4,7-10H2,(H,15,16);1H/t13-;/m1./s1. The zero-order valence-electron chi connectivity index (χ0n) is 9.69. The number of nitrogens with one attached hydrogen (secondary N) is 1. The van der Waals surface area contributed by atoms with Crippen molar-refractivity contribution in [2.45, 2.75) is 19.3 Å². The topological polar surface area (TPSA) is 49.3 Å². The van der Waals surface area contributed by atoms with Crippen LogP contribution in [-0.4, -0.2) is 24.2 Å². The molecule has 0 aromatic heterocycles. The van der Waals surface area contributed by atoms with Gasteiger partial charge < -0.3 is 10.4 Å². The Morgan fingerprint density at radius 3 is 2.59 bits per heavy atom. The molecule has 1 atom stereocenters. The summed E-state index contributed by atoms with van der Waals surface area (Å²) in [4.78, 5) is 11.4. The average Bonchev–Trinajstić information content (AvgIpc) is 2.31. The Balaban J connectivity index is 0.00000144. The van der Waals surface area contributed by atoms with Gasteiger partial charge in [-0.3, -0.25) is 4.79 Å². The van der Waals surface area contributed by atoms with Crippen LogP contribution in [-0.2, 0) is 11.2 Å². The van der Waals surface area contributed by atoms with Crippen LogP contribution in [0.3, 0.4) is 0 Å². The highest BCUT2D eigenvalue weighted by atomic mass is 35.5. The monoisotopic (exact) mass is 255 g/mol. The Hall–Kier alpha value is -1.06. The first-order valence-corrected chi connectivity index (χ1v) is 5.71. The lowest BCUT2D eigenvalue weighted by molar-refractivity contribution is -0.150. The lowest BCUT2D eigenvalue weighted by Gasteiger charge is -2.33. The minimum Gasteiger partial charge on any atom is -0.481 e. The number of carbonyl (C=O) groups is 1. The predicted molar refractivity (Wildman–Crippen MR) is 69.6 cm³/mol. The highest BCUT2D eigenvalue weighted by Gasteiger charge is 2.39. The maximum atomic E-state index is 11.4. The van der Waals surface area contributed by atoms with Crippen molar-refractivity contribution in [1.82, 2.24) is 5.32 Å². The van der Waals surface area contributed by atoms with Crippen LogP contribution in [0, 0.1) is 5.41 Å². The number of hydrogen-bond acceptors (Lipinski definition) is 2. The molecule has 94 valence electrons. The maximum absolute atomic E-state index is 11.4. The van der Waals surface area contributed by atoms with E-state index in [1.807, 2.05) is 30.3 Å². The minimum atomic E-state index is -0.677. The molecule has 1 heterocycles. The summed E-state index contributed by atoms with van der Waals surface area (Å²) in [5.74, 6) is -0.677. The molecule has 0 bridgehead atoms. The van der Waals surface area contributed by atoms with E-state index in [9.17, 15) is 9.90 Å². The second-order valence-electron chi connectivity index (χ2n) is 4.53. The van der Waals surface area contributed by atoms with Crippen LogP contribution in [0.5, 0.6) is 0 Å². The molecular formula is C13H18ClNO2. The highest BCUT2D eigenvalue weighted by Crippen LogP contribution is 2.30. The molecule has 2 N–H and O–H groups in total. The molecule has 1 saturated heterocycles. The van der Waals surface area contributed by atoms with Crippen molar-refractivity contribution >= 4 is 18.4 Å². The fraction of sp³-hybridized carbons (Fsp3) is 0.462. The first-order valence-electron chi connectivity index (χ1n) is 5.71. The summed E-state index contributed by atoms with van der Waals surface area (Å²) in [6.07, 6.45) is 2.33. The van der Waals surface area contributed by atoms with Gasteiger partial charge in [0.2, 0.25) is 0 Å². The van der Waals surface area contributed by atoms with Gasteiger partial charge in [0.1, 0.15) is 0 Å². The molecule has 0 unspecified atom stereocenters. The Morgan fingerprint density at radius 1 is 1.35 bits per heavy atom. The van der Waals surface area contributed by atoms with Crippen molar-refractivity contribution in [3.8, 4) is 0 Å². The molecule has 3 nitrogen and oxygen atoms in total. The van der Waals surface area contributed by atoms with Crippen molar-refractivity contribution in [2.24, 2.45) is 5.41 Å². The van der Waals surface area contributed by atoms with E-state index in [0.29, 0.717) is 13.0 Å². The van der Waals surface area contributed by atoms with E-state index >= 15 is 0 Å². The predicted octanol–water partition coefficient (Wildman–Crippen LogP) is 2.11. The van der Waals surface area contributed by atoms with Gasteiger partial charge in [-0.15, -0.1) is 12.4 Å². The Morgan fingerprint density at radius 2 is 2.06 bits per heavy atom. The summed E-state index contributed by atoms with van der Waals surface area (Å²) in [7, 11) is 0. The van der Waals surface area contributed by atoms with Crippen molar-refractivity contribution in [3.05, 3.63) is 35.9 Å². The van der Waals surface area contributed by atoms with Gasteiger partial charge in [0, 0.05) is 6.54 Å². The molecule has 1 aliphatic heterocycles. The van der Waals surface area contributed by atoms with Gasteiger partial charge >= 0.3 is 5.97 Å². The van der Waals surface area contributed by atoms with Crippen LogP contribution >= 0.6 is 12.4 Å². The molecule has 0 aliphatic carbocycles. The second-order valence-corrected chi connectivity index (χ2v) is 4.53. The first kappa shape index (κ1) is 14.0. The van der Waals surface area contributed by atoms with Crippen LogP contribution in [0.2, 0.25) is 0 Å². The normalized spacial score (nSPS) is 23.8. The van der Waals surface area contributed by atoms with E-state index in [-0.39, 0.29) is 12.4 Å². The Kier molecular flexibility index (Phi) is 4.97. The molecule has 17 heavy (non-hydrogen) atoms. The molecule has 0 spiro atoms. The number of carboxylic acid groups (broad SMARTS) is 1. The van der Waals surface area contributed by atoms with Crippen LogP contribution in [0.1, 0.15) is 18.4 Å². The molecule has 4 heteroatoms. The lowest BCUT2D eigenvalue weighted by Crippen LogP contribution is -2.46. The lowest BCUT2D eigenvalue weighted by atomic mass is 9.76. The SMILES string of the molecule is Cl.O=C(O)[C@@]1(Cc2ccccc2)CCCNC1. The van der Waals surface area contributed by atoms with Crippen molar-refractivity contribution in [2.75, 3.05) is 13.1 Å². The third-order valence-electron chi connectivity index (χ3n) is 3.31. The van der Waals surface area contributed by atoms with E-state index in [4.69, 9.17) is 0 Å². The largest absolute Gasteiger partial charge is 0.481 e. The number of aliphatic carboxylic acids is 1. The Bertz CT molecular complexity index is 361. The number of piperidine rings is 1. The average molecular weight is 256 g/mol. The zero-order valence-corrected chi connectivity index (χ0v) is 10.5. The van der Waals surface area contributed by atoms with Crippen molar-refractivity contribution in [1.29, 1.82) is 0 Å². The van der Waals surface area contributed by atoms with E-state index in [1.165, 1.54) is 0 Å². The van der Waals surface area contributed by atoms with Crippen LogP contribution in [0.25, 0.3) is 0 Å². The molecule has 0 saturated carbocycles. The smallest absolute Gasteiger partial charge is 0.311 e. The summed E-state index contributed by atoms with van der Waals surface area (Å²) in [6.45, 7) is 1.51. The van der Waals surface area contributed by atoms with Crippen molar-refractivity contribution < 1.29 is 9.90 Å². The third-order valence-corrected chi connectivity index (χ3v) is 3.31. The molecule has 1 aromatic carbocycles. The van der Waals surface area contributed by atoms with E-state index in [2.05, 4.69) is 5.32 Å². The van der Waals surface area contributed by atoms with Gasteiger partial charge in [0.05, 0.1) is 5.41 Å². The molecule has 2 rings (SSSR count). The maximum Gasteiger partial charge on any atom is 0.311 e. The Labute approximate surface area is 108 Å². The number of rotatable bonds is 3. The highest BCUT2D eigenvalue weighted by molar-refractivity contribution is 5.85. The molecule has 1 fully saturated rings. The summed E-state index contributed by atoms with van der Waals surface area (Å²) >= 11 is 0. The summed E-state index contributed by atoms with van der Waals surface area (Å²) in [6, 6.07) is 9.87. The first-order chi connectivity index (χ1) is 7.73.